The SMILES string of the molecule is CCCN(CC(=O)O)Cc1c(F)ccc(I)c1F. The van der Waals surface area contributed by atoms with Gasteiger partial charge in [0, 0.05) is 15.7 Å². The molecule has 0 aromatic heterocycles. The van der Waals surface area contributed by atoms with Crippen molar-refractivity contribution in [1.29, 1.82) is 0 Å². The van der Waals surface area contributed by atoms with Crippen molar-refractivity contribution in [2.45, 2.75) is 19.9 Å². The number of nitrogens with zero attached hydrogens (tertiary/aromatic N) is 1. The van der Waals surface area contributed by atoms with Crippen LogP contribution in [-0.2, 0) is 11.3 Å². The third-order valence-corrected chi connectivity index (χ3v) is 3.25. The predicted octanol–water partition coefficient (Wildman–Crippen LogP) is 2.87. The second kappa shape index (κ2) is 6.98. The van der Waals surface area contributed by atoms with Crippen molar-refractivity contribution in [3.05, 3.63) is 32.9 Å². The van der Waals surface area contributed by atoms with E-state index < -0.39 is 17.6 Å². The lowest BCUT2D eigenvalue weighted by atomic mass is 10.2. The number of hydrogen-bond donors (Lipinski definition) is 1. The molecule has 1 rings (SSSR count). The van der Waals surface area contributed by atoms with Crippen LogP contribution in [0.2, 0.25) is 0 Å². The molecule has 18 heavy (non-hydrogen) atoms. The molecule has 0 heterocycles. The predicted molar refractivity (Wildman–Crippen MR) is 72.3 cm³/mol. The number of carboxylic acids is 1. The van der Waals surface area contributed by atoms with Crippen LogP contribution in [0.3, 0.4) is 0 Å². The number of halogens is 3. The van der Waals surface area contributed by atoms with Crippen molar-refractivity contribution in [3.8, 4) is 0 Å². The molecule has 0 atom stereocenters. The minimum Gasteiger partial charge on any atom is -0.480 e. The maximum atomic E-state index is 13.8. The zero-order valence-electron chi connectivity index (χ0n) is 9.92. The van der Waals surface area contributed by atoms with Gasteiger partial charge in [-0.15, -0.1) is 0 Å². The molecule has 1 N–H and O–H groups in total. The molecule has 6 heteroatoms. The zero-order valence-corrected chi connectivity index (χ0v) is 12.1. The van der Waals surface area contributed by atoms with Crippen molar-refractivity contribution in [2.24, 2.45) is 0 Å². The van der Waals surface area contributed by atoms with Crippen LogP contribution < -0.4 is 0 Å². The molecular weight excluding hydrogens is 355 g/mol. The zero-order chi connectivity index (χ0) is 13.7. The lowest BCUT2D eigenvalue weighted by molar-refractivity contribution is -0.138. The Hall–Kier alpha value is -0.760. The summed E-state index contributed by atoms with van der Waals surface area (Å²) in [7, 11) is 0. The van der Waals surface area contributed by atoms with Gasteiger partial charge >= 0.3 is 5.97 Å². The molecule has 0 bridgehead atoms. The lowest BCUT2D eigenvalue weighted by Gasteiger charge is -2.20. The number of rotatable bonds is 6. The maximum Gasteiger partial charge on any atom is 0.317 e. The van der Waals surface area contributed by atoms with E-state index in [1.54, 1.807) is 22.6 Å². The molecule has 100 valence electrons. The van der Waals surface area contributed by atoms with Crippen molar-refractivity contribution >= 4 is 28.6 Å². The van der Waals surface area contributed by atoms with E-state index in [1.807, 2.05) is 6.92 Å². The molecular formula is C12H14F2INO2. The third kappa shape index (κ3) is 4.16. The van der Waals surface area contributed by atoms with Gasteiger partial charge in [0.1, 0.15) is 11.6 Å². The van der Waals surface area contributed by atoms with Gasteiger partial charge in [0.05, 0.1) is 6.54 Å². The minimum atomic E-state index is -1.00. The summed E-state index contributed by atoms with van der Waals surface area (Å²) >= 11 is 1.78. The monoisotopic (exact) mass is 369 g/mol. The van der Waals surface area contributed by atoms with Gasteiger partial charge in [-0.3, -0.25) is 9.69 Å². The highest BCUT2D eigenvalue weighted by molar-refractivity contribution is 14.1. The van der Waals surface area contributed by atoms with E-state index in [0.717, 1.165) is 6.42 Å². The third-order valence-electron chi connectivity index (χ3n) is 2.42. The average molecular weight is 369 g/mol. The van der Waals surface area contributed by atoms with E-state index in [0.29, 0.717) is 10.1 Å². The number of hydrogen-bond acceptors (Lipinski definition) is 2. The van der Waals surface area contributed by atoms with E-state index in [4.69, 9.17) is 5.11 Å². The van der Waals surface area contributed by atoms with E-state index in [-0.39, 0.29) is 18.7 Å². The molecule has 0 unspecified atom stereocenters. The fourth-order valence-electron chi connectivity index (χ4n) is 1.66. The average Bonchev–Trinajstić information content (AvgIpc) is 2.29. The molecule has 0 aliphatic rings. The second-order valence-electron chi connectivity index (χ2n) is 3.93. The molecule has 0 fully saturated rings. The van der Waals surface area contributed by atoms with Crippen LogP contribution in [-0.4, -0.2) is 29.1 Å². The summed E-state index contributed by atoms with van der Waals surface area (Å²) < 4.78 is 27.7. The summed E-state index contributed by atoms with van der Waals surface area (Å²) in [6.07, 6.45) is 0.723. The van der Waals surface area contributed by atoms with Gasteiger partial charge in [-0.05, 0) is 47.7 Å². The molecule has 0 aliphatic heterocycles. The Balaban J connectivity index is 2.92. The van der Waals surface area contributed by atoms with Crippen LogP contribution in [0.15, 0.2) is 12.1 Å². The molecule has 0 saturated heterocycles. The van der Waals surface area contributed by atoms with Crippen molar-refractivity contribution in [2.75, 3.05) is 13.1 Å². The van der Waals surface area contributed by atoms with Crippen molar-refractivity contribution in [1.82, 2.24) is 4.90 Å². The summed E-state index contributed by atoms with van der Waals surface area (Å²) in [5.41, 5.74) is -0.0726. The van der Waals surface area contributed by atoms with Crippen molar-refractivity contribution in [3.63, 3.8) is 0 Å². The first kappa shape index (κ1) is 15.3. The Bertz CT molecular complexity index is 440. The smallest absolute Gasteiger partial charge is 0.317 e. The number of aliphatic carboxylic acids is 1. The molecule has 0 spiro atoms. The van der Waals surface area contributed by atoms with Crippen LogP contribution in [0.25, 0.3) is 0 Å². The fraction of sp³-hybridized carbons (Fsp3) is 0.417. The summed E-state index contributed by atoms with van der Waals surface area (Å²) in [5.74, 6) is -2.25. The van der Waals surface area contributed by atoms with Crippen LogP contribution in [0, 0.1) is 15.2 Å². The second-order valence-corrected chi connectivity index (χ2v) is 5.09. The first-order valence-electron chi connectivity index (χ1n) is 5.52. The van der Waals surface area contributed by atoms with Gasteiger partial charge in [0.25, 0.3) is 0 Å². The highest BCUT2D eigenvalue weighted by Crippen LogP contribution is 2.20. The van der Waals surface area contributed by atoms with E-state index >= 15 is 0 Å². The first-order chi connectivity index (χ1) is 8.45. The summed E-state index contributed by atoms with van der Waals surface area (Å²) in [5, 5.41) is 8.75. The Morgan fingerprint density at radius 2 is 2.11 bits per heavy atom. The van der Waals surface area contributed by atoms with Crippen LogP contribution in [0.1, 0.15) is 18.9 Å². The van der Waals surface area contributed by atoms with Gasteiger partial charge < -0.3 is 5.11 Å². The number of carbonyl (C=O) groups is 1. The maximum absolute atomic E-state index is 13.8. The fourth-order valence-corrected chi connectivity index (χ4v) is 2.16. The van der Waals surface area contributed by atoms with Gasteiger partial charge in [-0.25, -0.2) is 8.78 Å². The minimum absolute atomic E-state index is 0.0331. The Morgan fingerprint density at radius 3 is 2.67 bits per heavy atom. The highest BCUT2D eigenvalue weighted by atomic mass is 127. The van der Waals surface area contributed by atoms with Crippen molar-refractivity contribution < 1.29 is 18.7 Å². The summed E-state index contributed by atoms with van der Waals surface area (Å²) in [4.78, 5) is 12.2. The van der Waals surface area contributed by atoms with Crippen LogP contribution in [0.4, 0.5) is 8.78 Å². The quantitative estimate of drug-likeness (QED) is 0.619. The molecule has 0 saturated carbocycles. The van der Waals surface area contributed by atoms with E-state index in [2.05, 4.69) is 0 Å². The van der Waals surface area contributed by atoms with Gasteiger partial charge in [-0.2, -0.15) is 0 Å². The van der Waals surface area contributed by atoms with Crippen LogP contribution in [0.5, 0.6) is 0 Å². The summed E-state index contributed by atoms with van der Waals surface area (Å²) in [6.45, 7) is 2.11. The van der Waals surface area contributed by atoms with Crippen LogP contribution >= 0.6 is 22.6 Å². The van der Waals surface area contributed by atoms with E-state index in [9.17, 15) is 13.6 Å². The molecule has 1 aromatic carbocycles. The Morgan fingerprint density at radius 1 is 1.44 bits per heavy atom. The van der Waals surface area contributed by atoms with Gasteiger partial charge in [0.2, 0.25) is 0 Å². The van der Waals surface area contributed by atoms with E-state index in [1.165, 1.54) is 17.0 Å². The Labute approximate surface area is 118 Å². The number of benzene rings is 1. The lowest BCUT2D eigenvalue weighted by Crippen LogP contribution is -2.30. The summed E-state index contributed by atoms with van der Waals surface area (Å²) in [6, 6.07) is 2.56. The van der Waals surface area contributed by atoms with Gasteiger partial charge in [0.15, 0.2) is 0 Å². The Kier molecular flexibility index (Phi) is 5.94. The normalized spacial score (nSPS) is 10.9. The molecule has 0 amide bonds. The molecule has 0 aliphatic carbocycles. The standard InChI is InChI=1S/C12H14F2INO2/c1-2-5-16(7-11(17)18)6-8-9(13)3-4-10(15)12(8)14/h3-4H,2,5-7H2,1H3,(H,17,18). The molecule has 1 aromatic rings. The number of carboxylic acid groups (broad SMARTS) is 1. The molecule has 3 nitrogen and oxygen atoms in total. The first-order valence-corrected chi connectivity index (χ1v) is 6.60. The largest absolute Gasteiger partial charge is 0.480 e. The molecule has 0 radical (unpaired) electrons. The topological polar surface area (TPSA) is 40.5 Å². The highest BCUT2D eigenvalue weighted by Gasteiger charge is 2.17. The van der Waals surface area contributed by atoms with Gasteiger partial charge in [-0.1, -0.05) is 6.92 Å².